The van der Waals surface area contributed by atoms with Crippen molar-refractivity contribution < 1.29 is 9.53 Å². The summed E-state index contributed by atoms with van der Waals surface area (Å²) in [5.41, 5.74) is 0.380. The standard InChI is InChI=1S/C16H17Cl2N3O2/c17-12-6-3-7-13(18)15(12)23-10-21-9-8-14(20-21)16(22)19-11-4-1-2-5-11/h3,6-9,11H,1-2,4-5,10H2,(H,19,22). The molecule has 1 N–H and O–H groups in total. The van der Waals surface area contributed by atoms with Crippen molar-refractivity contribution in [1.82, 2.24) is 15.1 Å². The van der Waals surface area contributed by atoms with E-state index in [9.17, 15) is 4.79 Å². The van der Waals surface area contributed by atoms with E-state index >= 15 is 0 Å². The summed E-state index contributed by atoms with van der Waals surface area (Å²) in [7, 11) is 0. The lowest BCUT2D eigenvalue weighted by molar-refractivity contribution is 0.0930. The van der Waals surface area contributed by atoms with Crippen LogP contribution in [0.3, 0.4) is 0 Å². The molecule has 0 aliphatic heterocycles. The molecule has 0 atom stereocenters. The fourth-order valence-corrected chi connectivity index (χ4v) is 3.14. The Morgan fingerprint density at radius 1 is 1.26 bits per heavy atom. The molecule has 23 heavy (non-hydrogen) atoms. The Labute approximate surface area is 144 Å². The molecule has 1 fully saturated rings. The second-order valence-corrected chi connectivity index (χ2v) is 6.33. The van der Waals surface area contributed by atoms with Crippen LogP contribution in [0.15, 0.2) is 30.5 Å². The van der Waals surface area contributed by atoms with Crippen LogP contribution in [0.5, 0.6) is 5.75 Å². The first-order valence-electron chi connectivity index (χ1n) is 7.54. The van der Waals surface area contributed by atoms with E-state index in [0.717, 1.165) is 12.8 Å². The zero-order valence-corrected chi connectivity index (χ0v) is 14.0. The predicted molar refractivity (Wildman–Crippen MR) is 89.0 cm³/mol. The molecule has 1 aliphatic carbocycles. The van der Waals surface area contributed by atoms with Crippen molar-refractivity contribution >= 4 is 29.1 Å². The number of benzene rings is 1. The minimum absolute atomic E-state index is 0.125. The SMILES string of the molecule is O=C(NC1CCCC1)c1ccn(COc2c(Cl)cccc2Cl)n1. The van der Waals surface area contributed by atoms with Crippen LogP contribution in [0.4, 0.5) is 0 Å². The quantitative estimate of drug-likeness (QED) is 0.886. The lowest BCUT2D eigenvalue weighted by Crippen LogP contribution is -2.32. The molecule has 7 heteroatoms. The van der Waals surface area contributed by atoms with Crippen molar-refractivity contribution in [2.24, 2.45) is 0 Å². The number of nitrogens with one attached hydrogen (secondary N) is 1. The van der Waals surface area contributed by atoms with Crippen molar-refractivity contribution in [3.8, 4) is 5.75 Å². The summed E-state index contributed by atoms with van der Waals surface area (Å²) in [6, 6.07) is 7.09. The summed E-state index contributed by atoms with van der Waals surface area (Å²) in [6.45, 7) is 0.125. The first-order chi connectivity index (χ1) is 11.1. The average molecular weight is 354 g/mol. The molecule has 1 aliphatic rings. The van der Waals surface area contributed by atoms with Gasteiger partial charge in [-0.3, -0.25) is 4.79 Å². The number of aromatic nitrogens is 2. The van der Waals surface area contributed by atoms with Gasteiger partial charge in [-0.2, -0.15) is 5.10 Å². The molecule has 122 valence electrons. The van der Waals surface area contributed by atoms with Crippen molar-refractivity contribution in [3.05, 3.63) is 46.2 Å². The van der Waals surface area contributed by atoms with Gasteiger partial charge in [0, 0.05) is 12.2 Å². The molecule has 0 saturated heterocycles. The van der Waals surface area contributed by atoms with E-state index in [4.69, 9.17) is 27.9 Å². The Bertz CT molecular complexity index is 676. The van der Waals surface area contributed by atoms with E-state index in [1.54, 1.807) is 30.5 Å². The minimum atomic E-state index is -0.147. The molecule has 3 rings (SSSR count). The minimum Gasteiger partial charge on any atom is -0.468 e. The number of ether oxygens (including phenoxy) is 1. The first kappa shape index (κ1) is 16.1. The van der Waals surface area contributed by atoms with E-state index in [1.807, 2.05) is 0 Å². The van der Waals surface area contributed by atoms with E-state index in [0.29, 0.717) is 21.5 Å². The fourth-order valence-electron chi connectivity index (χ4n) is 2.64. The Morgan fingerprint density at radius 3 is 2.65 bits per heavy atom. The van der Waals surface area contributed by atoms with E-state index in [-0.39, 0.29) is 18.7 Å². The van der Waals surface area contributed by atoms with E-state index in [2.05, 4.69) is 10.4 Å². The Kier molecular flexibility index (Phi) is 5.08. The van der Waals surface area contributed by atoms with Crippen LogP contribution in [0.2, 0.25) is 10.0 Å². The lowest BCUT2D eigenvalue weighted by Gasteiger charge is -2.10. The van der Waals surface area contributed by atoms with Crippen LogP contribution in [0, 0.1) is 0 Å². The van der Waals surface area contributed by atoms with Crippen LogP contribution in [-0.4, -0.2) is 21.7 Å². The number of carbonyl (C=O) groups is 1. The number of rotatable bonds is 5. The second-order valence-electron chi connectivity index (χ2n) is 5.52. The van der Waals surface area contributed by atoms with Gasteiger partial charge in [0.05, 0.1) is 10.0 Å². The van der Waals surface area contributed by atoms with E-state index in [1.165, 1.54) is 17.5 Å². The van der Waals surface area contributed by atoms with Crippen molar-refractivity contribution in [2.45, 2.75) is 38.5 Å². The van der Waals surface area contributed by atoms with Gasteiger partial charge in [0.25, 0.3) is 5.91 Å². The number of hydrogen-bond donors (Lipinski definition) is 1. The van der Waals surface area contributed by atoms with Gasteiger partial charge in [0.15, 0.2) is 12.5 Å². The van der Waals surface area contributed by atoms with Gasteiger partial charge in [-0.1, -0.05) is 42.1 Å². The van der Waals surface area contributed by atoms with Crippen LogP contribution >= 0.6 is 23.2 Å². The number of hydrogen-bond acceptors (Lipinski definition) is 3. The van der Waals surface area contributed by atoms with Crippen LogP contribution < -0.4 is 10.1 Å². The molecule has 1 amide bonds. The van der Waals surface area contributed by atoms with Gasteiger partial charge < -0.3 is 10.1 Å². The molecular formula is C16H17Cl2N3O2. The Morgan fingerprint density at radius 2 is 1.96 bits per heavy atom. The summed E-state index contributed by atoms with van der Waals surface area (Å²) in [6.07, 6.45) is 6.12. The number of amides is 1. The van der Waals surface area contributed by atoms with Crippen molar-refractivity contribution in [1.29, 1.82) is 0 Å². The molecule has 0 spiro atoms. The molecule has 1 aromatic heterocycles. The predicted octanol–water partition coefficient (Wildman–Crippen LogP) is 3.90. The third-order valence-electron chi connectivity index (χ3n) is 3.82. The van der Waals surface area contributed by atoms with Gasteiger partial charge in [0.1, 0.15) is 5.69 Å². The molecule has 0 radical (unpaired) electrons. The molecule has 0 bridgehead atoms. The summed E-state index contributed by atoms with van der Waals surface area (Å²) in [4.78, 5) is 12.1. The van der Waals surface area contributed by atoms with Gasteiger partial charge in [-0.05, 0) is 31.0 Å². The van der Waals surface area contributed by atoms with Crippen LogP contribution in [0.1, 0.15) is 36.2 Å². The van der Waals surface area contributed by atoms with Crippen molar-refractivity contribution in [2.75, 3.05) is 0 Å². The molecule has 1 saturated carbocycles. The van der Waals surface area contributed by atoms with Gasteiger partial charge in [-0.15, -0.1) is 0 Å². The lowest BCUT2D eigenvalue weighted by atomic mass is 10.2. The molecular weight excluding hydrogens is 337 g/mol. The molecule has 0 unspecified atom stereocenters. The number of halogens is 2. The Balaban J connectivity index is 1.59. The van der Waals surface area contributed by atoms with E-state index < -0.39 is 0 Å². The summed E-state index contributed by atoms with van der Waals surface area (Å²) in [5.74, 6) is 0.259. The van der Waals surface area contributed by atoms with Gasteiger partial charge in [0.2, 0.25) is 0 Å². The molecule has 1 aromatic carbocycles. The maximum absolute atomic E-state index is 12.1. The Hall–Kier alpha value is -1.72. The summed E-state index contributed by atoms with van der Waals surface area (Å²) in [5, 5.41) is 8.09. The van der Waals surface area contributed by atoms with Crippen LogP contribution in [0.25, 0.3) is 0 Å². The molecule has 2 aromatic rings. The maximum atomic E-state index is 12.1. The van der Waals surface area contributed by atoms with Crippen LogP contribution in [-0.2, 0) is 6.73 Å². The molecule has 5 nitrogen and oxygen atoms in total. The highest BCUT2D eigenvalue weighted by Gasteiger charge is 2.19. The highest BCUT2D eigenvalue weighted by atomic mass is 35.5. The normalized spacial score (nSPS) is 14.9. The summed E-state index contributed by atoms with van der Waals surface area (Å²) < 4.78 is 7.12. The number of carbonyl (C=O) groups excluding carboxylic acids is 1. The third kappa shape index (κ3) is 3.98. The van der Waals surface area contributed by atoms with Gasteiger partial charge >= 0.3 is 0 Å². The largest absolute Gasteiger partial charge is 0.468 e. The highest BCUT2D eigenvalue weighted by Crippen LogP contribution is 2.32. The highest BCUT2D eigenvalue weighted by molar-refractivity contribution is 6.37. The van der Waals surface area contributed by atoms with Crippen molar-refractivity contribution in [3.63, 3.8) is 0 Å². The fraction of sp³-hybridized carbons (Fsp3) is 0.375. The zero-order valence-electron chi connectivity index (χ0n) is 12.5. The third-order valence-corrected chi connectivity index (χ3v) is 4.42. The number of nitrogens with zero attached hydrogens (tertiary/aromatic N) is 2. The second kappa shape index (κ2) is 7.23. The zero-order chi connectivity index (χ0) is 16.2. The maximum Gasteiger partial charge on any atom is 0.271 e. The summed E-state index contributed by atoms with van der Waals surface area (Å²) >= 11 is 12.1. The average Bonchev–Trinajstić information content (AvgIpc) is 3.18. The first-order valence-corrected chi connectivity index (χ1v) is 8.30. The smallest absolute Gasteiger partial charge is 0.271 e. The topological polar surface area (TPSA) is 56.2 Å². The monoisotopic (exact) mass is 353 g/mol. The van der Waals surface area contributed by atoms with Gasteiger partial charge in [-0.25, -0.2) is 4.68 Å². The molecule has 1 heterocycles. The number of para-hydroxylation sites is 1.